The summed E-state index contributed by atoms with van der Waals surface area (Å²) in [5, 5.41) is 8.58. The number of aromatic amines is 1. The minimum atomic E-state index is -4.66. The summed E-state index contributed by atoms with van der Waals surface area (Å²) >= 11 is 6.98. The summed E-state index contributed by atoms with van der Waals surface area (Å²) in [6.07, 6.45) is -4.66. The first-order valence-corrected chi connectivity index (χ1v) is 9.08. The average molecular weight is 444 g/mol. The molecule has 0 atom stereocenters. The molecule has 0 spiro atoms. The number of nitrogens with zero attached hydrogens (tertiary/aromatic N) is 2. The summed E-state index contributed by atoms with van der Waals surface area (Å²) in [6, 6.07) is 8.17. The maximum atomic E-state index is 13.7. The largest absolute Gasteiger partial charge is 0.465 e. The molecular formula is C17H13ClF3N5O2S. The molecule has 0 unspecified atom stereocenters. The third kappa shape index (κ3) is 4.93. The number of H-pyrrole nitrogens is 1. The number of hydrogen-bond donors (Lipinski definition) is 3. The maximum Gasteiger partial charge on any atom is 0.417 e. The van der Waals surface area contributed by atoms with Crippen LogP contribution in [0.3, 0.4) is 0 Å². The second-order valence-electron chi connectivity index (χ2n) is 5.62. The molecule has 0 amide bonds. The van der Waals surface area contributed by atoms with E-state index in [2.05, 4.69) is 25.2 Å². The van der Waals surface area contributed by atoms with Gasteiger partial charge in [0.2, 0.25) is 11.9 Å². The van der Waals surface area contributed by atoms with E-state index >= 15 is 0 Å². The van der Waals surface area contributed by atoms with E-state index in [1.54, 1.807) is 0 Å². The van der Waals surface area contributed by atoms with E-state index in [0.29, 0.717) is 4.90 Å². The van der Waals surface area contributed by atoms with Gasteiger partial charge in [0.25, 0.3) is 0 Å². The molecule has 7 nitrogen and oxygen atoms in total. The fourth-order valence-corrected chi connectivity index (χ4v) is 3.62. The summed E-state index contributed by atoms with van der Waals surface area (Å²) in [6.45, 7) is 0. The van der Waals surface area contributed by atoms with E-state index in [0.717, 1.165) is 17.8 Å². The van der Waals surface area contributed by atoms with Crippen molar-refractivity contribution in [3.05, 3.63) is 52.5 Å². The predicted molar refractivity (Wildman–Crippen MR) is 102 cm³/mol. The molecule has 12 heteroatoms. The van der Waals surface area contributed by atoms with Crippen LogP contribution in [-0.4, -0.2) is 28.3 Å². The summed E-state index contributed by atoms with van der Waals surface area (Å²) in [5.74, 6) is -0.527. The quantitative estimate of drug-likeness (QED) is 0.489. The molecule has 152 valence electrons. The van der Waals surface area contributed by atoms with Crippen molar-refractivity contribution < 1.29 is 22.7 Å². The Labute approximate surface area is 171 Å². The number of ether oxygens (including phenoxy) is 1. The van der Waals surface area contributed by atoms with E-state index in [9.17, 15) is 18.0 Å². The Bertz CT molecular complexity index is 1040. The fraction of sp³-hybridized carbons (Fsp3) is 0.118. The lowest BCUT2D eigenvalue weighted by atomic mass is 10.2. The summed E-state index contributed by atoms with van der Waals surface area (Å²) in [5.41, 5.74) is 4.80. The average Bonchev–Trinajstić information content (AvgIpc) is 3.07. The van der Waals surface area contributed by atoms with Gasteiger partial charge < -0.3 is 15.8 Å². The van der Waals surface area contributed by atoms with E-state index in [4.69, 9.17) is 17.3 Å². The SMILES string of the molecule is COC(=O)c1ccc(Sc2c(Cl)cc(Nc3n[nH]c(N)n3)cc2C(F)(F)F)cc1. The topological polar surface area (TPSA) is 106 Å². The molecule has 1 heterocycles. The van der Waals surface area contributed by atoms with Gasteiger partial charge in [-0.05, 0) is 36.4 Å². The molecule has 0 bridgehead atoms. The number of esters is 1. The van der Waals surface area contributed by atoms with Crippen molar-refractivity contribution in [1.82, 2.24) is 15.2 Å². The van der Waals surface area contributed by atoms with Crippen molar-refractivity contribution in [2.24, 2.45) is 0 Å². The molecule has 0 saturated carbocycles. The predicted octanol–water partition coefficient (Wildman–Crippen LogP) is 4.74. The standard InChI is InChI=1S/C17H13ClF3N5O2S/c1-28-14(27)8-2-4-10(5-3-8)29-13-11(17(19,20)21)6-9(7-12(13)18)23-16-24-15(22)25-26-16/h2-7H,1H3,(H4,22,23,24,25,26). The third-order valence-corrected chi connectivity index (χ3v) is 5.17. The summed E-state index contributed by atoms with van der Waals surface area (Å²) in [7, 11) is 1.24. The number of carbonyl (C=O) groups excluding carboxylic acids is 1. The van der Waals surface area contributed by atoms with Crippen LogP contribution in [0.5, 0.6) is 0 Å². The number of nitrogens with one attached hydrogen (secondary N) is 2. The van der Waals surface area contributed by atoms with Crippen molar-refractivity contribution in [2.45, 2.75) is 16.0 Å². The van der Waals surface area contributed by atoms with Crippen molar-refractivity contribution in [1.29, 1.82) is 0 Å². The summed E-state index contributed by atoms with van der Waals surface area (Å²) in [4.78, 5) is 15.6. The van der Waals surface area contributed by atoms with Crippen LogP contribution < -0.4 is 11.1 Å². The maximum absolute atomic E-state index is 13.7. The van der Waals surface area contributed by atoms with Gasteiger partial charge in [0.1, 0.15) is 0 Å². The monoisotopic (exact) mass is 443 g/mol. The van der Waals surface area contributed by atoms with Crippen LogP contribution in [0, 0.1) is 0 Å². The minimum Gasteiger partial charge on any atom is -0.465 e. The van der Waals surface area contributed by atoms with Crippen molar-refractivity contribution in [3.63, 3.8) is 0 Å². The molecule has 0 aliphatic heterocycles. The third-order valence-electron chi connectivity index (χ3n) is 3.60. The Morgan fingerprint density at radius 2 is 1.97 bits per heavy atom. The van der Waals surface area contributed by atoms with Crippen LogP contribution in [0.2, 0.25) is 5.02 Å². The highest BCUT2D eigenvalue weighted by atomic mass is 35.5. The number of rotatable bonds is 5. The molecule has 0 radical (unpaired) electrons. The van der Waals surface area contributed by atoms with E-state index in [1.165, 1.54) is 37.4 Å². The molecule has 3 aromatic rings. The molecule has 0 saturated heterocycles. The minimum absolute atomic E-state index is 0.00509. The number of nitrogens with two attached hydrogens (primary N) is 1. The highest BCUT2D eigenvalue weighted by molar-refractivity contribution is 7.99. The molecular weight excluding hydrogens is 431 g/mol. The molecule has 3 rings (SSSR count). The molecule has 1 aromatic heterocycles. The van der Waals surface area contributed by atoms with Crippen LogP contribution in [0.4, 0.5) is 30.8 Å². The molecule has 0 aliphatic rings. The molecule has 29 heavy (non-hydrogen) atoms. The second-order valence-corrected chi connectivity index (χ2v) is 7.11. The lowest BCUT2D eigenvalue weighted by Crippen LogP contribution is -2.08. The van der Waals surface area contributed by atoms with Gasteiger partial charge in [-0.1, -0.05) is 23.4 Å². The highest BCUT2D eigenvalue weighted by Gasteiger charge is 2.35. The van der Waals surface area contributed by atoms with Gasteiger partial charge in [0.15, 0.2) is 0 Å². The number of methoxy groups -OCH3 is 1. The number of alkyl halides is 3. The first kappa shape index (κ1) is 20.8. The highest BCUT2D eigenvalue weighted by Crippen LogP contribution is 2.45. The second kappa shape index (κ2) is 8.21. The zero-order valence-corrected chi connectivity index (χ0v) is 16.2. The Morgan fingerprint density at radius 1 is 1.28 bits per heavy atom. The van der Waals surface area contributed by atoms with Gasteiger partial charge in [-0.3, -0.25) is 0 Å². The van der Waals surface area contributed by atoms with Crippen LogP contribution in [0.15, 0.2) is 46.2 Å². The van der Waals surface area contributed by atoms with Crippen LogP contribution in [-0.2, 0) is 10.9 Å². The van der Waals surface area contributed by atoms with Gasteiger partial charge in [-0.25, -0.2) is 9.89 Å². The van der Waals surface area contributed by atoms with Gasteiger partial charge in [0.05, 0.1) is 23.3 Å². The smallest absolute Gasteiger partial charge is 0.417 e. The number of anilines is 3. The van der Waals surface area contributed by atoms with Crippen molar-refractivity contribution >= 4 is 46.9 Å². The lowest BCUT2D eigenvalue weighted by molar-refractivity contribution is -0.139. The Morgan fingerprint density at radius 3 is 2.52 bits per heavy atom. The van der Waals surface area contributed by atoms with Crippen LogP contribution >= 0.6 is 23.4 Å². The number of halogens is 4. The Balaban J connectivity index is 1.94. The Hall–Kier alpha value is -2.92. The molecule has 0 fully saturated rings. The Kier molecular flexibility index (Phi) is 5.89. The van der Waals surface area contributed by atoms with E-state index < -0.39 is 17.7 Å². The van der Waals surface area contributed by atoms with E-state index in [1.807, 2.05) is 0 Å². The summed E-state index contributed by atoms with van der Waals surface area (Å²) < 4.78 is 45.6. The van der Waals surface area contributed by atoms with Gasteiger partial charge >= 0.3 is 12.1 Å². The normalized spacial score (nSPS) is 11.3. The van der Waals surface area contributed by atoms with E-state index in [-0.39, 0.29) is 33.1 Å². The van der Waals surface area contributed by atoms with Gasteiger partial charge in [-0.15, -0.1) is 5.10 Å². The van der Waals surface area contributed by atoms with Crippen LogP contribution in [0.25, 0.3) is 0 Å². The van der Waals surface area contributed by atoms with Gasteiger partial charge in [0, 0.05) is 15.5 Å². The van der Waals surface area contributed by atoms with Crippen molar-refractivity contribution in [3.8, 4) is 0 Å². The first-order valence-electron chi connectivity index (χ1n) is 7.89. The number of nitrogen functional groups attached to an aromatic ring is 1. The number of hydrogen-bond acceptors (Lipinski definition) is 7. The fourth-order valence-electron chi connectivity index (χ4n) is 2.33. The first-order chi connectivity index (χ1) is 13.7. The zero-order chi connectivity index (χ0) is 21.2. The lowest BCUT2D eigenvalue weighted by Gasteiger charge is -2.16. The number of carbonyl (C=O) groups is 1. The molecule has 0 aliphatic carbocycles. The molecule has 2 aromatic carbocycles. The van der Waals surface area contributed by atoms with Gasteiger partial charge in [-0.2, -0.15) is 18.2 Å². The number of benzene rings is 2. The molecule has 4 N–H and O–H groups in total. The van der Waals surface area contributed by atoms with Crippen molar-refractivity contribution in [2.75, 3.05) is 18.2 Å². The zero-order valence-electron chi connectivity index (χ0n) is 14.7. The number of aromatic nitrogens is 3. The van der Waals surface area contributed by atoms with Crippen LogP contribution in [0.1, 0.15) is 15.9 Å².